The lowest BCUT2D eigenvalue weighted by atomic mass is 10.1. The van der Waals surface area contributed by atoms with Crippen molar-refractivity contribution in [1.82, 2.24) is 9.97 Å². The summed E-state index contributed by atoms with van der Waals surface area (Å²) in [6.07, 6.45) is 6.53. The van der Waals surface area contributed by atoms with Crippen LogP contribution in [0.5, 0.6) is 11.5 Å². The van der Waals surface area contributed by atoms with E-state index < -0.39 is 5.91 Å². The molecular formula is C23H24N4O3. The fourth-order valence-electron chi connectivity index (χ4n) is 3.60. The first-order valence-corrected chi connectivity index (χ1v) is 10.1. The van der Waals surface area contributed by atoms with Gasteiger partial charge in [-0.1, -0.05) is 37.1 Å². The van der Waals surface area contributed by atoms with E-state index in [1.165, 1.54) is 37.9 Å². The second-order valence-electron chi connectivity index (χ2n) is 7.45. The molecule has 7 heteroatoms. The molecule has 0 saturated heterocycles. The zero-order valence-electron chi connectivity index (χ0n) is 16.5. The first-order chi connectivity index (χ1) is 14.6. The molecular weight excluding hydrogens is 380 g/mol. The van der Waals surface area contributed by atoms with Gasteiger partial charge in [0.1, 0.15) is 11.5 Å². The van der Waals surface area contributed by atoms with E-state index in [9.17, 15) is 9.90 Å². The Morgan fingerprint density at radius 2 is 1.97 bits per heavy atom. The highest BCUT2D eigenvalue weighted by Gasteiger charge is 2.17. The molecule has 154 valence electrons. The van der Waals surface area contributed by atoms with Gasteiger partial charge in [-0.3, -0.25) is 4.79 Å². The Hall–Kier alpha value is -3.61. The summed E-state index contributed by atoms with van der Waals surface area (Å²) >= 11 is 0. The Morgan fingerprint density at radius 3 is 2.77 bits per heavy atom. The van der Waals surface area contributed by atoms with E-state index in [0.717, 1.165) is 11.3 Å². The van der Waals surface area contributed by atoms with Gasteiger partial charge in [0.25, 0.3) is 5.91 Å². The van der Waals surface area contributed by atoms with Crippen LogP contribution in [-0.4, -0.2) is 27.6 Å². The molecule has 0 radical (unpaired) electrons. The molecule has 1 fully saturated rings. The van der Waals surface area contributed by atoms with Crippen LogP contribution in [0.2, 0.25) is 0 Å². The summed E-state index contributed by atoms with van der Waals surface area (Å²) in [4.78, 5) is 21.2. The number of amides is 1. The van der Waals surface area contributed by atoms with Crippen molar-refractivity contribution in [3.05, 3.63) is 60.4 Å². The SMILES string of the molecule is Nc1ncc(-c2cccc(OCC3CCCC3)c2)nc1C(=O)Nc1ccccc1O. The van der Waals surface area contributed by atoms with Crippen LogP contribution in [0, 0.1) is 5.92 Å². The second kappa shape index (κ2) is 8.82. The van der Waals surface area contributed by atoms with Crippen LogP contribution in [0.3, 0.4) is 0 Å². The van der Waals surface area contributed by atoms with Gasteiger partial charge in [0.2, 0.25) is 0 Å². The molecule has 4 N–H and O–H groups in total. The van der Waals surface area contributed by atoms with Gasteiger partial charge in [0.05, 0.1) is 24.2 Å². The molecule has 1 aromatic heterocycles. The number of rotatable bonds is 6. The van der Waals surface area contributed by atoms with E-state index in [4.69, 9.17) is 10.5 Å². The number of phenolic OH excluding ortho intramolecular Hbond substituents is 1. The van der Waals surface area contributed by atoms with Crippen molar-refractivity contribution >= 4 is 17.4 Å². The summed E-state index contributed by atoms with van der Waals surface area (Å²) in [6, 6.07) is 14.0. The molecule has 1 aliphatic carbocycles. The van der Waals surface area contributed by atoms with E-state index in [-0.39, 0.29) is 22.9 Å². The lowest BCUT2D eigenvalue weighted by molar-refractivity contribution is 0.102. The highest BCUT2D eigenvalue weighted by atomic mass is 16.5. The largest absolute Gasteiger partial charge is 0.506 e. The molecule has 2 aromatic carbocycles. The molecule has 0 atom stereocenters. The van der Waals surface area contributed by atoms with Crippen molar-refractivity contribution in [3.63, 3.8) is 0 Å². The van der Waals surface area contributed by atoms with Gasteiger partial charge in [-0.25, -0.2) is 9.97 Å². The van der Waals surface area contributed by atoms with Crippen LogP contribution < -0.4 is 15.8 Å². The van der Waals surface area contributed by atoms with Gasteiger partial charge in [-0.2, -0.15) is 0 Å². The average molecular weight is 404 g/mol. The maximum absolute atomic E-state index is 12.7. The first-order valence-electron chi connectivity index (χ1n) is 10.1. The van der Waals surface area contributed by atoms with Crippen molar-refractivity contribution in [3.8, 4) is 22.8 Å². The van der Waals surface area contributed by atoms with Crippen LogP contribution in [0.1, 0.15) is 36.2 Å². The maximum Gasteiger partial charge on any atom is 0.278 e. The summed E-state index contributed by atoms with van der Waals surface area (Å²) in [5.41, 5.74) is 7.45. The maximum atomic E-state index is 12.7. The standard InChI is InChI=1S/C23H24N4O3/c24-22-21(23(29)27-18-10-3-4-11-20(18)28)26-19(13-25-22)16-8-5-9-17(12-16)30-14-15-6-1-2-7-15/h3-5,8-13,15,28H,1-2,6-7,14H2,(H2,24,25)(H,27,29). The number of carbonyl (C=O) groups excluding carboxylic acids is 1. The topological polar surface area (TPSA) is 110 Å². The minimum absolute atomic E-state index is 0.00645. The monoisotopic (exact) mass is 404 g/mol. The fraction of sp³-hybridized carbons (Fsp3) is 0.261. The second-order valence-corrected chi connectivity index (χ2v) is 7.45. The summed E-state index contributed by atoms with van der Waals surface area (Å²) in [7, 11) is 0. The van der Waals surface area contributed by atoms with Crippen LogP contribution in [-0.2, 0) is 0 Å². The minimum Gasteiger partial charge on any atom is -0.506 e. The number of nitrogens with one attached hydrogen (secondary N) is 1. The molecule has 0 aliphatic heterocycles. The number of nitrogens with two attached hydrogens (primary N) is 1. The van der Waals surface area contributed by atoms with Crippen molar-refractivity contribution in [2.45, 2.75) is 25.7 Å². The number of nitrogen functional groups attached to an aromatic ring is 1. The molecule has 4 rings (SSSR count). The molecule has 1 aliphatic rings. The number of anilines is 2. The number of benzene rings is 2. The Balaban J connectivity index is 1.53. The third-order valence-corrected chi connectivity index (χ3v) is 5.26. The minimum atomic E-state index is -0.544. The van der Waals surface area contributed by atoms with E-state index in [0.29, 0.717) is 18.2 Å². The van der Waals surface area contributed by atoms with Gasteiger partial charge < -0.3 is 20.9 Å². The predicted molar refractivity (Wildman–Crippen MR) is 115 cm³/mol. The van der Waals surface area contributed by atoms with E-state index in [1.54, 1.807) is 18.2 Å². The van der Waals surface area contributed by atoms with Crippen molar-refractivity contribution in [2.75, 3.05) is 17.7 Å². The molecule has 0 unspecified atom stereocenters. The number of carbonyl (C=O) groups is 1. The molecule has 3 aromatic rings. The zero-order chi connectivity index (χ0) is 20.9. The average Bonchev–Trinajstić information content (AvgIpc) is 3.28. The predicted octanol–water partition coefficient (Wildman–Crippen LogP) is 4.25. The van der Waals surface area contributed by atoms with Crippen LogP contribution in [0.25, 0.3) is 11.3 Å². The lowest BCUT2D eigenvalue weighted by Crippen LogP contribution is -2.17. The van der Waals surface area contributed by atoms with Gasteiger partial charge in [0.15, 0.2) is 11.5 Å². The molecule has 7 nitrogen and oxygen atoms in total. The number of nitrogens with zero attached hydrogens (tertiary/aromatic N) is 2. The zero-order valence-corrected chi connectivity index (χ0v) is 16.5. The fourth-order valence-corrected chi connectivity index (χ4v) is 3.60. The number of para-hydroxylation sites is 2. The summed E-state index contributed by atoms with van der Waals surface area (Å²) in [5, 5.41) is 12.5. The molecule has 1 amide bonds. The number of phenols is 1. The normalized spacial score (nSPS) is 13.9. The quantitative estimate of drug-likeness (QED) is 0.530. The third kappa shape index (κ3) is 4.51. The number of hydrogen-bond acceptors (Lipinski definition) is 6. The molecule has 1 saturated carbocycles. The third-order valence-electron chi connectivity index (χ3n) is 5.26. The number of aromatic hydroxyl groups is 1. The number of hydrogen-bond donors (Lipinski definition) is 3. The Bertz CT molecular complexity index is 1050. The van der Waals surface area contributed by atoms with Gasteiger partial charge in [0, 0.05) is 5.56 Å². The van der Waals surface area contributed by atoms with Gasteiger partial charge in [-0.05, 0) is 43.0 Å². The summed E-state index contributed by atoms with van der Waals surface area (Å²) in [5.74, 6) is 0.811. The first kappa shape index (κ1) is 19.7. The highest BCUT2D eigenvalue weighted by Crippen LogP contribution is 2.28. The van der Waals surface area contributed by atoms with Crippen molar-refractivity contribution in [1.29, 1.82) is 0 Å². The molecule has 1 heterocycles. The molecule has 30 heavy (non-hydrogen) atoms. The number of ether oxygens (including phenoxy) is 1. The van der Waals surface area contributed by atoms with Crippen LogP contribution in [0.4, 0.5) is 11.5 Å². The summed E-state index contributed by atoms with van der Waals surface area (Å²) < 4.78 is 5.97. The van der Waals surface area contributed by atoms with Gasteiger partial charge >= 0.3 is 0 Å². The Morgan fingerprint density at radius 1 is 1.17 bits per heavy atom. The number of aromatic nitrogens is 2. The molecule has 0 spiro atoms. The van der Waals surface area contributed by atoms with E-state index in [1.807, 2.05) is 24.3 Å². The Labute approximate surface area is 174 Å². The van der Waals surface area contributed by atoms with E-state index in [2.05, 4.69) is 15.3 Å². The van der Waals surface area contributed by atoms with Gasteiger partial charge in [-0.15, -0.1) is 0 Å². The lowest BCUT2D eigenvalue weighted by Gasteiger charge is -2.12. The van der Waals surface area contributed by atoms with E-state index >= 15 is 0 Å². The molecule has 0 bridgehead atoms. The van der Waals surface area contributed by atoms with Crippen molar-refractivity contribution in [2.24, 2.45) is 5.92 Å². The smallest absolute Gasteiger partial charge is 0.278 e. The highest BCUT2D eigenvalue weighted by molar-refractivity contribution is 6.06. The Kier molecular flexibility index (Phi) is 5.79. The van der Waals surface area contributed by atoms with Crippen LogP contribution >= 0.6 is 0 Å². The van der Waals surface area contributed by atoms with Crippen LogP contribution in [0.15, 0.2) is 54.7 Å². The summed E-state index contributed by atoms with van der Waals surface area (Å²) in [6.45, 7) is 0.713. The van der Waals surface area contributed by atoms with Crippen molar-refractivity contribution < 1.29 is 14.6 Å².